The van der Waals surface area contributed by atoms with Crippen molar-refractivity contribution in [3.8, 4) is 41.8 Å². The molecule has 0 radical (unpaired) electrons. The Hall–Kier alpha value is -3.36. The summed E-state index contributed by atoms with van der Waals surface area (Å²) in [5.74, 6) is -5.83. The van der Waals surface area contributed by atoms with Gasteiger partial charge in [-0.2, -0.15) is 0 Å². The van der Waals surface area contributed by atoms with Gasteiger partial charge in [0.15, 0.2) is 0 Å². The molecule has 0 amide bonds. The first-order valence-corrected chi connectivity index (χ1v) is 11.5. The van der Waals surface area contributed by atoms with Gasteiger partial charge in [0, 0.05) is 43.8 Å². The van der Waals surface area contributed by atoms with Crippen molar-refractivity contribution in [1.29, 1.82) is 0 Å². The van der Waals surface area contributed by atoms with Gasteiger partial charge in [0.05, 0.1) is 11.1 Å². The first-order valence-electron chi connectivity index (χ1n) is 9.90. The van der Waals surface area contributed by atoms with E-state index in [1.807, 2.05) is 24.3 Å². The van der Waals surface area contributed by atoms with Gasteiger partial charge in [-0.05, 0) is 35.4 Å². The molecule has 0 unspecified atom stereocenters. The van der Waals surface area contributed by atoms with Gasteiger partial charge in [0.1, 0.15) is 34.9 Å². The molecule has 2 heterocycles. The summed E-state index contributed by atoms with van der Waals surface area (Å²) < 4.78 is 82.8. The van der Waals surface area contributed by atoms with Crippen molar-refractivity contribution in [2.24, 2.45) is 0 Å². The Morgan fingerprint density at radius 1 is 0.382 bits per heavy atom. The Balaban J connectivity index is 1.42. The molecule has 0 aliphatic rings. The lowest BCUT2D eigenvalue weighted by Crippen LogP contribution is -1.90. The van der Waals surface area contributed by atoms with Crippen molar-refractivity contribution < 1.29 is 26.3 Å². The Morgan fingerprint density at radius 2 is 0.676 bits per heavy atom. The van der Waals surface area contributed by atoms with Crippen LogP contribution in [0.1, 0.15) is 0 Å². The average Bonchev–Trinajstić information content (AvgIpc) is 3.43. The molecule has 0 N–H and O–H groups in total. The number of halogens is 6. The summed E-state index contributed by atoms with van der Waals surface area (Å²) in [5, 5.41) is 0. The van der Waals surface area contributed by atoms with Crippen molar-refractivity contribution in [2.75, 3.05) is 0 Å². The van der Waals surface area contributed by atoms with E-state index < -0.39 is 34.9 Å². The van der Waals surface area contributed by atoms with Crippen LogP contribution in [0, 0.1) is 34.9 Å². The van der Waals surface area contributed by atoms with Gasteiger partial charge < -0.3 is 0 Å². The van der Waals surface area contributed by atoms with Crippen LogP contribution in [0.5, 0.6) is 0 Å². The average molecular weight is 503 g/mol. The van der Waals surface area contributed by atoms with Crippen LogP contribution in [-0.2, 0) is 0 Å². The van der Waals surface area contributed by atoms with Crippen LogP contribution < -0.4 is 0 Å². The van der Waals surface area contributed by atoms with Crippen molar-refractivity contribution in [2.45, 2.75) is 0 Å². The summed E-state index contributed by atoms with van der Waals surface area (Å²) in [6.07, 6.45) is 0. The third kappa shape index (κ3) is 4.15. The minimum absolute atomic E-state index is 0.277. The predicted molar refractivity (Wildman–Crippen MR) is 124 cm³/mol. The lowest BCUT2D eigenvalue weighted by atomic mass is 10.1. The highest BCUT2D eigenvalue weighted by Crippen LogP contribution is 2.40. The molecular formula is C26H12F6S2. The van der Waals surface area contributed by atoms with Crippen molar-refractivity contribution in [1.82, 2.24) is 0 Å². The molecule has 0 spiro atoms. The molecule has 0 atom stereocenters. The lowest BCUT2D eigenvalue weighted by Gasteiger charge is -2.04. The van der Waals surface area contributed by atoms with Gasteiger partial charge in [-0.3, -0.25) is 0 Å². The summed E-state index contributed by atoms with van der Waals surface area (Å²) >= 11 is 2.33. The Kier molecular flexibility index (Phi) is 5.79. The fourth-order valence-corrected chi connectivity index (χ4v) is 5.73. The van der Waals surface area contributed by atoms with Gasteiger partial charge in [-0.15, -0.1) is 22.7 Å². The van der Waals surface area contributed by atoms with E-state index in [0.717, 1.165) is 20.9 Å². The monoisotopic (exact) mass is 502 g/mol. The normalized spacial score (nSPS) is 11.2. The molecule has 0 saturated heterocycles. The number of rotatable bonds is 4. The fraction of sp³-hybridized carbons (Fsp3) is 0. The molecule has 0 aliphatic carbocycles. The first-order chi connectivity index (χ1) is 16.3. The van der Waals surface area contributed by atoms with Gasteiger partial charge >= 0.3 is 0 Å². The summed E-state index contributed by atoms with van der Waals surface area (Å²) in [6, 6.07) is 16.5. The van der Waals surface area contributed by atoms with E-state index in [1.165, 1.54) is 22.7 Å². The molecule has 2 aromatic heterocycles. The highest BCUT2D eigenvalue weighted by molar-refractivity contribution is 7.19. The standard InChI is InChI=1S/C26H12F6S2/c27-15-9-17(29)25(18(30)10-15)23-7-5-21(33-23)13-1-2-14(4-3-13)22-6-8-24(34-22)26-19(31)11-16(28)12-20(26)32/h1-12H. The van der Waals surface area contributed by atoms with Crippen LogP contribution >= 0.6 is 22.7 Å². The summed E-state index contributed by atoms with van der Waals surface area (Å²) in [6.45, 7) is 0. The lowest BCUT2D eigenvalue weighted by molar-refractivity contribution is 0.547. The van der Waals surface area contributed by atoms with Crippen LogP contribution in [0.15, 0.2) is 72.8 Å². The molecule has 0 nitrogen and oxygen atoms in total. The highest BCUT2D eigenvalue weighted by Gasteiger charge is 2.17. The van der Waals surface area contributed by atoms with Crippen LogP contribution in [0.4, 0.5) is 26.3 Å². The quantitative estimate of drug-likeness (QED) is 0.215. The molecule has 0 bridgehead atoms. The van der Waals surface area contributed by atoms with E-state index in [2.05, 4.69) is 0 Å². The Labute approximate surface area is 198 Å². The molecule has 3 aromatic carbocycles. The molecular weight excluding hydrogens is 490 g/mol. The van der Waals surface area contributed by atoms with Gasteiger partial charge in [0.25, 0.3) is 0 Å². The zero-order chi connectivity index (χ0) is 24.0. The van der Waals surface area contributed by atoms with E-state index in [-0.39, 0.29) is 11.1 Å². The molecule has 170 valence electrons. The zero-order valence-corrected chi connectivity index (χ0v) is 18.6. The van der Waals surface area contributed by atoms with Crippen molar-refractivity contribution in [3.05, 3.63) is 108 Å². The second kappa shape index (κ2) is 8.77. The van der Waals surface area contributed by atoms with Gasteiger partial charge in [-0.25, -0.2) is 26.3 Å². The molecule has 8 heteroatoms. The van der Waals surface area contributed by atoms with E-state index >= 15 is 0 Å². The molecule has 0 fully saturated rings. The second-order valence-corrected chi connectivity index (χ2v) is 9.56. The maximum Gasteiger partial charge on any atom is 0.137 e. The molecule has 5 rings (SSSR count). The molecule has 0 aliphatic heterocycles. The van der Waals surface area contributed by atoms with Gasteiger partial charge in [-0.1, -0.05) is 24.3 Å². The smallest absolute Gasteiger partial charge is 0.137 e. The minimum atomic E-state index is -0.979. The van der Waals surface area contributed by atoms with Crippen LogP contribution in [-0.4, -0.2) is 0 Å². The Morgan fingerprint density at radius 3 is 1.00 bits per heavy atom. The number of benzene rings is 3. The topological polar surface area (TPSA) is 0 Å². The first kappa shape index (κ1) is 22.4. The van der Waals surface area contributed by atoms with E-state index in [0.29, 0.717) is 34.0 Å². The number of thiophene rings is 2. The van der Waals surface area contributed by atoms with Gasteiger partial charge in [0.2, 0.25) is 0 Å². The summed E-state index contributed by atoms with van der Waals surface area (Å²) in [4.78, 5) is 2.18. The molecule has 34 heavy (non-hydrogen) atoms. The van der Waals surface area contributed by atoms with E-state index in [1.54, 1.807) is 24.3 Å². The fourth-order valence-electron chi connectivity index (χ4n) is 3.61. The summed E-state index contributed by atoms with van der Waals surface area (Å²) in [7, 11) is 0. The van der Waals surface area contributed by atoms with Crippen molar-refractivity contribution >= 4 is 22.7 Å². The van der Waals surface area contributed by atoms with Crippen LogP contribution in [0.3, 0.4) is 0 Å². The largest absolute Gasteiger partial charge is 0.207 e. The van der Waals surface area contributed by atoms with Crippen molar-refractivity contribution in [3.63, 3.8) is 0 Å². The third-order valence-corrected chi connectivity index (χ3v) is 7.48. The third-order valence-electron chi connectivity index (χ3n) is 5.17. The van der Waals surface area contributed by atoms with Crippen LogP contribution in [0.2, 0.25) is 0 Å². The zero-order valence-electron chi connectivity index (χ0n) is 17.0. The Bertz CT molecular complexity index is 1350. The molecule has 0 saturated carbocycles. The second-order valence-electron chi connectivity index (χ2n) is 7.39. The highest BCUT2D eigenvalue weighted by atomic mass is 32.1. The maximum absolute atomic E-state index is 14.1. The van der Waals surface area contributed by atoms with E-state index in [4.69, 9.17) is 0 Å². The number of hydrogen-bond donors (Lipinski definition) is 0. The SMILES string of the molecule is Fc1cc(F)c(-c2ccc(-c3ccc(-c4ccc(-c5c(F)cc(F)cc5F)s4)cc3)s2)c(F)c1. The van der Waals surface area contributed by atoms with Crippen LogP contribution in [0.25, 0.3) is 41.8 Å². The molecule has 5 aromatic rings. The maximum atomic E-state index is 14.1. The summed E-state index contributed by atoms with van der Waals surface area (Å²) in [5.41, 5.74) is 1.05. The predicted octanol–water partition coefficient (Wildman–Crippen LogP) is 9.31. The number of hydrogen-bond acceptors (Lipinski definition) is 2. The van der Waals surface area contributed by atoms with E-state index in [9.17, 15) is 26.3 Å². The minimum Gasteiger partial charge on any atom is -0.207 e.